The lowest BCUT2D eigenvalue weighted by atomic mass is 10.1. The number of nitrogens with zero attached hydrogens (tertiary/aromatic N) is 4. The molecule has 118 valence electrons. The fourth-order valence-electron chi connectivity index (χ4n) is 2.02. The van der Waals surface area contributed by atoms with E-state index in [1.54, 1.807) is 19.4 Å². The van der Waals surface area contributed by atoms with Crippen molar-refractivity contribution >= 4 is 12.2 Å². The van der Waals surface area contributed by atoms with Crippen molar-refractivity contribution in [1.82, 2.24) is 9.55 Å². The van der Waals surface area contributed by atoms with E-state index in [1.165, 1.54) is 6.21 Å². The number of ether oxygens (including phenoxy) is 1. The maximum atomic E-state index is 11.6. The third-order valence-electron chi connectivity index (χ3n) is 3.32. The van der Waals surface area contributed by atoms with E-state index in [9.17, 15) is 4.79 Å². The van der Waals surface area contributed by atoms with Crippen LogP contribution >= 0.6 is 0 Å². The molecule has 0 radical (unpaired) electrons. The molecule has 2 rings (SSSR count). The predicted molar refractivity (Wildman–Crippen MR) is 86.2 cm³/mol. The second kappa shape index (κ2) is 7.90. The zero-order valence-corrected chi connectivity index (χ0v) is 13.1. The number of imidazole rings is 1. The van der Waals surface area contributed by atoms with E-state index in [-0.39, 0.29) is 12.6 Å². The quantitative estimate of drug-likeness (QED) is 0.607. The SMILES string of the molecule is CCOC(=O)[C@@H](C#N)C=N[C@H](C)c1ccc(-n2ccnc2)cc1. The van der Waals surface area contributed by atoms with E-state index in [4.69, 9.17) is 10.00 Å². The Morgan fingerprint density at radius 1 is 1.48 bits per heavy atom. The van der Waals surface area contributed by atoms with Gasteiger partial charge in [-0.2, -0.15) is 5.26 Å². The Morgan fingerprint density at radius 2 is 2.22 bits per heavy atom. The van der Waals surface area contributed by atoms with Crippen LogP contribution in [0, 0.1) is 17.2 Å². The zero-order chi connectivity index (χ0) is 16.7. The topological polar surface area (TPSA) is 80.3 Å². The summed E-state index contributed by atoms with van der Waals surface area (Å²) in [5.41, 5.74) is 1.99. The molecule has 0 spiro atoms. The van der Waals surface area contributed by atoms with Gasteiger partial charge in [-0.15, -0.1) is 0 Å². The van der Waals surface area contributed by atoms with Crippen LogP contribution in [0.5, 0.6) is 0 Å². The lowest BCUT2D eigenvalue weighted by molar-refractivity contribution is -0.143. The Hall–Kier alpha value is -2.94. The van der Waals surface area contributed by atoms with Crippen LogP contribution in [0.1, 0.15) is 25.5 Å². The highest BCUT2D eigenvalue weighted by Crippen LogP contribution is 2.18. The van der Waals surface area contributed by atoms with E-state index in [0.29, 0.717) is 0 Å². The summed E-state index contributed by atoms with van der Waals surface area (Å²) < 4.78 is 6.74. The Labute approximate surface area is 135 Å². The number of hydrogen-bond donors (Lipinski definition) is 0. The summed E-state index contributed by atoms with van der Waals surface area (Å²) in [5, 5.41) is 9.00. The highest BCUT2D eigenvalue weighted by atomic mass is 16.5. The Morgan fingerprint density at radius 3 is 2.78 bits per heavy atom. The molecule has 2 aromatic rings. The van der Waals surface area contributed by atoms with Gasteiger partial charge in [0.25, 0.3) is 0 Å². The molecular weight excluding hydrogens is 292 g/mol. The summed E-state index contributed by atoms with van der Waals surface area (Å²) in [4.78, 5) is 19.9. The highest BCUT2D eigenvalue weighted by Gasteiger charge is 2.16. The number of carbonyl (C=O) groups excluding carboxylic acids is 1. The molecule has 2 atom stereocenters. The minimum Gasteiger partial charge on any atom is -0.465 e. The van der Waals surface area contributed by atoms with Gasteiger partial charge in [-0.3, -0.25) is 9.79 Å². The van der Waals surface area contributed by atoms with Crippen LogP contribution in [0.3, 0.4) is 0 Å². The van der Waals surface area contributed by atoms with Crippen LogP contribution in [0.15, 0.2) is 48.0 Å². The van der Waals surface area contributed by atoms with Crippen molar-refractivity contribution in [3.05, 3.63) is 48.5 Å². The highest BCUT2D eigenvalue weighted by molar-refractivity contribution is 5.92. The standard InChI is InChI=1S/C17H18N4O2/c1-3-23-17(22)15(10-18)11-20-13(2)14-4-6-16(7-5-14)21-9-8-19-12-21/h4-9,11-13,15H,3H2,1-2H3/t13-,15+/m1/s1. The fourth-order valence-corrected chi connectivity index (χ4v) is 2.02. The number of aromatic nitrogens is 2. The van der Waals surface area contributed by atoms with Gasteiger partial charge < -0.3 is 9.30 Å². The van der Waals surface area contributed by atoms with Gasteiger partial charge in [0.05, 0.1) is 25.0 Å². The third kappa shape index (κ3) is 4.27. The summed E-state index contributed by atoms with van der Waals surface area (Å²) in [7, 11) is 0. The lowest BCUT2D eigenvalue weighted by Gasteiger charge is -2.09. The molecule has 1 heterocycles. The molecule has 0 N–H and O–H groups in total. The first kappa shape index (κ1) is 16.4. The van der Waals surface area contributed by atoms with Crippen molar-refractivity contribution in [3.63, 3.8) is 0 Å². The van der Waals surface area contributed by atoms with Crippen LogP contribution in [0.2, 0.25) is 0 Å². The van der Waals surface area contributed by atoms with Crippen molar-refractivity contribution in [3.8, 4) is 11.8 Å². The number of carbonyl (C=O) groups is 1. The van der Waals surface area contributed by atoms with Crippen molar-refractivity contribution in [2.75, 3.05) is 6.61 Å². The molecule has 0 amide bonds. The molecule has 6 heteroatoms. The predicted octanol–water partition coefficient (Wildman–Crippen LogP) is 2.71. The molecule has 0 unspecified atom stereocenters. The van der Waals surface area contributed by atoms with Gasteiger partial charge in [-0.05, 0) is 31.5 Å². The van der Waals surface area contributed by atoms with Crippen molar-refractivity contribution in [2.45, 2.75) is 19.9 Å². The Balaban J connectivity index is 2.05. The van der Waals surface area contributed by atoms with Crippen LogP contribution in [-0.2, 0) is 9.53 Å². The van der Waals surface area contributed by atoms with E-state index in [0.717, 1.165) is 11.3 Å². The molecule has 23 heavy (non-hydrogen) atoms. The molecule has 0 aliphatic heterocycles. The first-order valence-electron chi connectivity index (χ1n) is 7.33. The minimum absolute atomic E-state index is 0.155. The van der Waals surface area contributed by atoms with E-state index in [2.05, 4.69) is 9.98 Å². The van der Waals surface area contributed by atoms with Gasteiger partial charge in [0.2, 0.25) is 0 Å². The maximum absolute atomic E-state index is 11.6. The third-order valence-corrected chi connectivity index (χ3v) is 3.32. The molecule has 0 saturated heterocycles. The Bertz CT molecular complexity index is 699. The van der Waals surface area contributed by atoms with E-state index < -0.39 is 11.9 Å². The van der Waals surface area contributed by atoms with Crippen LogP contribution in [-0.4, -0.2) is 28.3 Å². The fraction of sp³-hybridized carbons (Fsp3) is 0.294. The van der Waals surface area contributed by atoms with Crippen molar-refractivity contribution < 1.29 is 9.53 Å². The van der Waals surface area contributed by atoms with Gasteiger partial charge >= 0.3 is 5.97 Å². The van der Waals surface area contributed by atoms with Crippen molar-refractivity contribution in [2.24, 2.45) is 10.9 Å². The summed E-state index contributed by atoms with van der Waals surface area (Å²) in [6, 6.07) is 9.59. The van der Waals surface area contributed by atoms with Crippen LogP contribution in [0.4, 0.5) is 0 Å². The molecule has 0 bridgehead atoms. The maximum Gasteiger partial charge on any atom is 0.328 e. The normalized spacial score (nSPS) is 13.4. The average molecular weight is 310 g/mol. The molecule has 0 saturated carbocycles. The largest absolute Gasteiger partial charge is 0.465 e. The number of benzene rings is 1. The average Bonchev–Trinajstić information content (AvgIpc) is 3.10. The molecule has 1 aromatic heterocycles. The van der Waals surface area contributed by atoms with Crippen LogP contribution < -0.4 is 0 Å². The molecular formula is C17H18N4O2. The summed E-state index contributed by atoms with van der Waals surface area (Å²) >= 11 is 0. The van der Waals surface area contributed by atoms with E-state index in [1.807, 2.05) is 48.0 Å². The number of esters is 1. The van der Waals surface area contributed by atoms with Gasteiger partial charge in [0.1, 0.15) is 0 Å². The van der Waals surface area contributed by atoms with Crippen LogP contribution in [0.25, 0.3) is 5.69 Å². The van der Waals surface area contributed by atoms with Gasteiger partial charge in [-0.1, -0.05) is 12.1 Å². The second-order valence-corrected chi connectivity index (χ2v) is 4.89. The molecule has 0 aliphatic rings. The molecule has 0 fully saturated rings. The lowest BCUT2D eigenvalue weighted by Crippen LogP contribution is -2.17. The number of hydrogen-bond acceptors (Lipinski definition) is 5. The summed E-state index contributed by atoms with van der Waals surface area (Å²) in [6.45, 7) is 3.85. The molecule has 1 aromatic carbocycles. The smallest absolute Gasteiger partial charge is 0.328 e. The number of nitriles is 1. The number of aliphatic imine (C=N–C) groups is 1. The van der Waals surface area contributed by atoms with Gasteiger partial charge in [0, 0.05) is 24.3 Å². The Kier molecular flexibility index (Phi) is 5.64. The van der Waals surface area contributed by atoms with Gasteiger partial charge in [0.15, 0.2) is 5.92 Å². The first-order chi connectivity index (χ1) is 11.2. The van der Waals surface area contributed by atoms with Gasteiger partial charge in [-0.25, -0.2) is 4.98 Å². The molecule has 6 nitrogen and oxygen atoms in total. The number of rotatable bonds is 6. The molecule has 0 aliphatic carbocycles. The van der Waals surface area contributed by atoms with Crippen molar-refractivity contribution in [1.29, 1.82) is 5.26 Å². The zero-order valence-electron chi connectivity index (χ0n) is 13.1. The minimum atomic E-state index is -0.970. The van der Waals surface area contributed by atoms with E-state index >= 15 is 0 Å². The summed E-state index contributed by atoms with van der Waals surface area (Å²) in [6.07, 6.45) is 6.67. The first-order valence-corrected chi connectivity index (χ1v) is 7.33. The second-order valence-electron chi connectivity index (χ2n) is 4.89. The monoisotopic (exact) mass is 310 g/mol. The summed E-state index contributed by atoms with van der Waals surface area (Å²) in [5.74, 6) is -1.54.